The van der Waals surface area contributed by atoms with Gasteiger partial charge in [0, 0.05) is 31.2 Å². The van der Waals surface area contributed by atoms with E-state index < -0.39 is 0 Å². The fourth-order valence-corrected chi connectivity index (χ4v) is 2.14. The molecule has 2 heterocycles. The molecule has 0 unspecified atom stereocenters. The van der Waals surface area contributed by atoms with E-state index in [1.807, 2.05) is 42.5 Å². The Kier molecular flexibility index (Phi) is 4.82. The third-order valence-electron chi connectivity index (χ3n) is 3.43. The van der Waals surface area contributed by atoms with Crippen molar-refractivity contribution in [2.45, 2.75) is 0 Å². The molecule has 0 atom stereocenters. The highest BCUT2D eigenvalue weighted by Crippen LogP contribution is 2.17. The molecule has 1 aliphatic heterocycles. The summed E-state index contributed by atoms with van der Waals surface area (Å²) in [5.74, 6) is 0.543. The van der Waals surface area contributed by atoms with Crippen LogP contribution >= 0.6 is 12.4 Å². The van der Waals surface area contributed by atoms with Crippen molar-refractivity contribution in [1.82, 2.24) is 15.6 Å². The zero-order valence-corrected chi connectivity index (χ0v) is 11.9. The van der Waals surface area contributed by atoms with Crippen LogP contribution < -0.4 is 10.6 Å². The Morgan fingerprint density at radius 3 is 2.55 bits per heavy atom. The Morgan fingerprint density at radius 2 is 1.90 bits per heavy atom. The minimum absolute atomic E-state index is 0. The molecule has 0 bridgehead atoms. The molecule has 0 saturated carbocycles. The summed E-state index contributed by atoms with van der Waals surface area (Å²) in [4.78, 5) is 15.1. The van der Waals surface area contributed by atoms with Gasteiger partial charge in [0.2, 0.25) is 0 Å². The first-order valence-corrected chi connectivity index (χ1v) is 6.56. The molecule has 0 aliphatic carbocycles. The number of hydrogen-bond acceptors (Lipinski definition) is 2. The van der Waals surface area contributed by atoms with Crippen LogP contribution in [0.1, 0.15) is 10.5 Å². The number of nitrogens with one attached hydrogen (secondary N) is 3. The third kappa shape index (κ3) is 3.21. The van der Waals surface area contributed by atoms with Crippen molar-refractivity contribution in [2.24, 2.45) is 5.92 Å². The van der Waals surface area contributed by atoms with Crippen molar-refractivity contribution in [2.75, 3.05) is 19.6 Å². The quantitative estimate of drug-likeness (QED) is 0.807. The van der Waals surface area contributed by atoms with Crippen LogP contribution in [0.2, 0.25) is 0 Å². The van der Waals surface area contributed by atoms with Crippen molar-refractivity contribution < 1.29 is 4.79 Å². The lowest BCUT2D eigenvalue weighted by atomic mass is 10.0. The summed E-state index contributed by atoms with van der Waals surface area (Å²) in [6.07, 6.45) is 0. The van der Waals surface area contributed by atoms with E-state index in [1.54, 1.807) is 0 Å². The van der Waals surface area contributed by atoms with Gasteiger partial charge in [-0.2, -0.15) is 0 Å². The molecule has 1 saturated heterocycles. The monoisotopic (exact) mass is 291 g/mol. The predicted molar refractivity (Wildman–Crippen MR) is 82.2 cm³/mol. The second-order valence-corrected chi connectivity index (χ2v) is 4.89. The molecule has 1 fully saturated rings. The minimum atomic E-state index is -0.0333. The lowest BCUT2D eigenvalue weighted by molar-refractivity contribution is 0.0938. The highest BCUT2D eigenvalue weighted by molar-refractivity contribution is 5.93. The highest BCUT2D eigenvalue weighted by atomic mass is 35.5. The molecular weight excluding hydrogens is 274 g/mol. The second kappa shape index (κ2) is 6.59. The van der Waals surface area contributed by atoms with E-state index in [4.69, 9.17) is 0 Å². The van der Waals surface area contributed by atoms with Gasteiger partial charge < -0.3 is 15.6 Å². The molecular formula is C15H18ClN3O. The molecule has 106 valence electrons. The maximum absolute atomic E-state index is 12.0. The highest BCUT2D eigenvalue weighted by Gasteiger charge is 2.18. The molecule has 5 heteroatoms. The Labute approximate surface area is 124 Å². The van der Waals surface area contributed by atoms with Crippen LogP contribution in [0.4, 0.5) is 0 Å². The number of benzene rings is 1. The van der Waals surface area contributed by atoms with Gasteiger partial charge in [-0.3, -0.25) is 4.79 Å². The van der Waals surface area contributed by atoms with E-state index in [0.717, 1.165) is 30.9 Å². The molecule has 4 nitrogen and oxygen atoms in total. The minimum Gasteiger partial charge on any atom is -0.351 e. The van der Waals surface area contributed by atoms with Crippen LogP contribution in [-0.2, 0) is 0 Å². The number of carbonyl (C=O) groups is 1. The zero-order chi connectivity index (χ0) is 13.1. The van der Waals surface area contributed by atoms with Crippen molar-refractivity contribution in [3.63, 3.8) is 0 Å². The fraction of sp³-hybridized carbons (Fsp3) is 0.267. The number of carbonyl (C=O) groups excluding carboxylic acids is 1. The smallest absolute Gasteiger partial charge is 0.267 e. The predicted octanol–water partition coefficient (Wildman–Crippen LogP) is 2.05. The van der Waals surface area contributed by atoms with Crippen LogP contribution in [0.3, 0.4) is 0 Å². The van der Waals surface area contributed by atoms with Crippen molar-refractivity contribution in [1.29, 1.82) is 0 Å². The molecule has 0 radical (unpaired) electrons. The van der Waals surface area contributed by atoms with Gasteiger partial charge in [-0.05, 0) is 17.7 Å². The number of hydrogen-bond donors (Lipinski definition) is 3. The normalized spacial score (nSPS) is 14.2. The van der Waals surface area contributed by atoms with Crippen LogP contribution in [0.5, 0.6) is 0 Å². The van der Waals surface area contributed by atoms with E-state index >= 15 is 0 Å². The number of aromatic nitrogens is 1. The Morgan fingerprint density at radius 1 is 1.15 bits per heavy atom. The van der Waals surface area contributed by atoms with Gasteiger partial charge in [-0.15, -0.1) is 12.4 Å². The zero-order valence-electron chi connectivity index (χ0n) is 11.1. The van der Waals surface area contributed by atoms with Gasteiger partial charge in [0.1, 0.15) is 5.69 Å². The van der Waals surface area contributed by atoms with Gasteiger partial charge in [0.25, 0.3) is 5.91 Å². The molecule has 1 aromatic carbocycles. The maximum atomic E-state index is 12.0. The van der Waals surface area contributed by atoms with Crippen molar-refractivity contribution in [3.8, 4) is 11.3 Å². The van der Waals surface area contributed by atoms with E-state index in [2.05, 4.69) is 15.6 Å². The summed E-state index contributed by atoms with van der Waals surface area (Å²) in [6, 6.07) is 13.8. The lowest BCUT2D eigenvalue weighted by Gasteiger charge is -2.26. The standard InChI is InChI=1S/C15H17N3O.ClH/c19-15(17-10-11-8-16-9-11)14-7-6-13(18-14)12-4-2-1-3-5-12;/h1-7,11,16,18H,8-10H2,(H,17,19);1H. The van der Waals surface area contributed by atoms with Gasteiger partial charge in [0.05, 0.1) is 0 Å². The molecule has 1 aliphatic rings. The van der Waals surface area contributed by atoms with Crippen LogP contribution in [0.25, 0.3) is 11.3 Å². The summed E-state index contributed by atoms with van der Waals surface area (Å²) in [5, 5.41) is 6.15. The summed E-state index contributed by atoms with van der Waals surface area (Å²) >= 11 is 0. The van der Waals surface area contributed by atoms with E-state index in [0.29, 0.717) is 11.6 Å². The van der Waals surface area contributed by atoms with Gasteiger partial charge >= 0.3 is 0 Å². The molecule has 1 amide bonds. The average molecular weight is 292 g/mol. The average Bonchev–Trinajstić information content (AvgIpc) is 2.87. The maximum Gasteiger partial charge on any atom is 0.267 e. The Bertz CT molecular complexity index is 564. The van der Waals surface area contributed by atoms with Gasteiger partial charge in [-0.25, -0.2) is 0 Å². The van der Waals surface area contributed by atoms with Crippen LogP contribution in [0, 0.1) is 5.92 Å². The molecule has 3 N–H and O–H groups in total. The SMILES string of the molecule is Cl.O=C(NCC1CNC1)c1ccc(-c2ccccc2)[nH]1. The summed E-state index contributed by atoms with van der Waals surface area (Å²) in [7, 11) is 0. The fourth-order valence-electron chi connectivity index (χ4n) is 2.14. The number of halogens is 1. The van der Waals surface area contributed by atoms with Crippen LogP contribution in [0.15, 0.2) is 42.5 Å². The van der Waals surface area contributed by atoms with Gasteiger partial charge in [-0.1, -0.05) is 30.3 Å². The van der Waals surface area contributed by atoms with Crippen molar-refractivity contribution >= 4 is 18.3 Å². The summed E-state index contributed by atoms with van der Waals surface area (Å²) in [6.45, 7) is 2.74. The molecule has 0 spiro atoms. The van der Waals surface area contributed by atoms with E-state index in [-0.39, 0.29) is 18.3 Å². The number of H-pyrrole nitrogens is 1. The molecule has 2 aromatic rings. The van der Waals surface area contributed by atoms with E-state index in [1.165, 1.54) is 0 Å². The molecule has 1 aromatic heterocycles. The number of amides is 1. The lowest BCUT2D eigenvalue weighted by Crippen LogP contribution is -2.48. The largest absolute Gasteiger partial charge is 0.351 e. The summed E-state index contributed by atoms with van der Waals surface area (Å²) < 4.78 is 0. The Hall–Kier alpha value is -1.78. The Balaban J connectivity index is 0.00000147. The topological polar surface area (TPSA) is 56.9 Å². The van der Waals surface area contributed by atoms with Gasteiger partial charge in [0.15, 0.2) is 0 Å². The number of rotatable bonds is 4. The molecule has 3 rings (SSSR count). The molecule has 20 heavy (non-hydrogen) atoms. The third-order valence-corrected chi connectivity index (χ3v) is 3.43. The van der Waals surface area contributed by atoms with Crippen LogP contribution in [-0.4, -0.2) is 30.5 Å². The van der Waals surface area contributed by atoms with Crippen molar-refractivity contribution in [3.05, 3.63) is 48.2 Å². The number of aromatic amines is 1. The first-order valence-electron chi connectivity index (χ1n) is 6.56. The second-order valence-electron chi connectivity index (χ2n) is 4.89. The van der Waals surface area contributed by atoms with E-state index in [9.17, 15) is 4.79 Å². The summed E-state index contributed by atoms with van der Waals surface area (Å²) in [5.41, 5.74) is 2.67. The first kappa shape index (κ1) is 14.6. The first-order chi connectivity index (χ1) is 9.33.